The van der Waals surface area contributed by atoms with Crippen LogP contribution in [0, 0.1) is 0 Å². The summed E-state index contributed by atoms with van der Waals surface area (Å²) >= 11 is 12.2. The summed E-state index contributed by atoms with van der Waals surface area (Å²) in [4.78, 5) is 23.6. The van der Waals surface area contributed by atoms with E-state index in [0.29, 0.717) is 15.8 Å². The zero-order chi connectivity index (χ0) is 18.0. The number of fused-ring (bicyclic) bond motifs is 1. The van der Waals surface area contributed by atoms with Crippen molar-refractivity contribution in [1.82, 2.24) is 0 Å². The van der Waals surface area contributed by atoms with Crippen LogP contribution in [0.25, 0.3) is 10.8 Å². The molecule has 0 saturated carbocycles. The minimum atomic E-state index is -0.611. The molecule has 0 spiro atoms. The predicted molar refractivity (Wildman–Crippen MR) is 94.9 cm³/mol. The summed E-state index contributed by atoms with van der Waals surface area (Å²) in [6.45, 7) is 10.1. The molecule has 2 aromatic carbocycles. The summed E-state index contributed by atoms with van der Waals surface area (Å²) < 4.78 is 10.6. The number of rotatable bonds is 4. The molecule has 0 atom stereocenters. The van der Waals surface area contributed by atoms with Gasteiger partial charge in [0.25, 0.3) is 0 Å². The average molecular weight is 365 g/mol. The predicted octanol–water partition coefficient (Wildman–Crippen LogP) is 5.11. The van der Waals surface area contributed by atoms with Crippen molar-refractivity contribution in [2.75, 3.05) is 0 Å². The van der Waals surface area contributed by atoms with Crippen molar-refractivity contribution in [3.8, 4) is 11.5 Å². The fourth-order valence-electron chi connectivity index (χ4n) is 1.86. The Morgan fingerprint density at radius 2 is 1.50 bits per heavy atom. The second-order valence-corrected chi connectivity index (χ2v) is 6.06. The third-order valence-corrected chi connectivity index (χ3v) is 3.58. The van der Waals surface area contributed by atoms with Crippen LogP contribution in [0.5, 0.6) is 11.5 Å². The summed E-state index contributed by atoms with van der Waals surface area (Å²) in [5.41, 5.74) is 0.463. The maximum atomic E-state index is 11.8. The van der Waals surface area contributed by atoms with Crippen LogP contribution in [0.4, 0.5) is 0 Å². The van der Waals surface area contributed by atoms with E-state index in [1.807, 2.05) is 0 Å². The first-order valence-corrected chi connectivity index (χ1v) is 7.63. The summed E-state index contributed by atoms with van der Waals surface area (Å²) in [5, 5.41) is 1.50. The highest BCUT2D eigenvalue weighted by molar-refractivity contribution is 6.34. The van der Waals surface area contributed by atoms with E-state index in [-0.39, 0.29) is 27.7 Å². The lowest BCUT2D eigenvalue weighted by atomic mass is 10.1. The molecular weight excluding hydrogens is 351 g/mol. The number of esters is 2. The lowest BCUT2D eigenvalue weighted by molar-refractivity contribution is -0.131. The van der Waals surface area contributed by atoms with Gasteiger partial charge in [-0.05, 0) is 32.0 Å². The molecule has 0 fully saturated rings. The molecule has 24 heavy (non-hydrogen) atoms. The molecule has 2 aromatic rings. The molecule has 0 radical (unpaired) electrons. The van der Waals surface area contributed by atoms with Crippen LogP contribution in [0.3, 0.4) is 0 Å². The first-order chi connectivity index (χ1) is 11.2. The van der Waals surface area contributed by atoms with Gasteiger partial charge in [-0.1, -0.05) is 36.4 Å². The zero-order valence-electron chi connectivity index (χ0n) is 13.1. The van der Waals surface area contributed by atoms with Crippen molar-refractivity contribution in [2.24, 2.45) is 0 Å². The van der Waals surface area contributed by atoms with Crippen LogP contribution in [0.1, 0.15) is 13.8 Å². The molecule has 0 aromatic heterocycles. The number of halogens is 2. The Balaban J connectivity index is 2.64. The largest absolute Gasteiger partial charge is 0.422 e. The van der Waals surface area contributed by atoms with E-state index in [4.69, 9.17) is 32.7 Å². The quantitative estimate of drug-likeness (QED) is 0.429. The van der Waals surface area contributed by atoms with E-state index in [1.54, 1.807) is 18.2 Å². The van der Waals surface area contributed by atoms with E-state index in [1.165, 1.54) is 19.9 Å². The normalized spacial score (nSPS) is 10.3. The van der Waals surface area contributed by atoms with Gasteiger partial charge >= 0.3 is 11.9 Å². The lowest BCUT2D eigenvalue weighted by Gasteiger charge is -2.14. The highest BCUT2D eigenvalue weighted by atomic mass is 35.5. The number of carbonyl (C=O) groups excluding carboxylic acids is 2. The maximum absolute atomic E-state index is 11.8. The second kappa shape index (κ2) is 7.07. The van der Waals surface area contributed by atoms with Crippen LogP contribution in [0.15, 0.2) is 48.6 Å². The molecule has 0 amide bonds. The molecule has 4 nitrogen and oxygen atoms in total. The van der Waals surface area contributed by atoms with Gasteiger partial charge in [0.1, 0.15) is 5.75 Å². The fraction of sp³-hybridized carbons (Fsp3) is 0.111. The molecule has 0 bridgehead atoms. The SMILES string of the molecule is C=C(C)C(=O)Oc1cc(Cl)c(OC(=O)C(=C)C)c2ccc(Cl)cc12. The monoisotopic (exact) mass is 364 g/mol. The topological polar surface area (TPSA) is 52.6 Å². The molecule has 0 heterocycles. The van der Waals surface area contributed by atoms with Crippen LogP contribution < -0.4 is 9.47 Å². The Morgan fingerprint density at radius 1 is 0.917 bits per heavy atom. The van der Waals surface area contributed by atoms with Gasteiger partial charge in [0.2, 0.25) is 0 Å². The Labute approximate surface area is 149 Å². The summed E-state index contributed by atoms with van der Waals surface area (Å²) in [7, 11) is 0. The first kappa shape index (κ1) is 18.0. The Kier molecular flexibility index (Phi) is 5.32. The van der Waals surface area contributed by atoms with Crippen LogP contribution >= 0.6 is 23.2 Å². The van der Waals surface area contributed by atoms with Gasteiger partial charge in [-0.2, -0.15) is 0 Å². The van der Waals surface area contributed by atoms with Gasteiger partial charge in [0.15, 0.2) is 5.75 Å². The molecule has 6 heteroatoms. The van der Waals surface area contributed by atoms with Gasteiger partial charge < -0.3 is 9.47 Å². The van der Waals surface area contributed by atoms with Crippen molar-refractivity contribution in [2.45, 2.75) is 13.8 Å². The average Bonchev–Trinajstić information content (AvgIpc) is 2.50. The molecule has 0 aliphatic carbocycles. The highest BCUT2D eigenvalue weighted by Gasteiger charge is 2.19. The Bertz CT molecular complexity index is 884. The summed E-state index contributed by atoms with van der Waals surface area (Å²) in [6, 6.07) is 6.22. The van der Waals surface area contributed by atoms with Crippen molar-refractivity contribution < 1.29 is 19.1 Å². The number of carbonyl (C=O) groups is 2. The van der Waals surface area contributed by atoms with Gasteiger partial charge in [-0.3, -0.25) is 0 Å². The van der Waals surface area contributed by atoms with E-state index in [9.17, 15) is 9.59 Å². The van der Waals surface area contributed by atoms with Crippen LogP contribution in [0.2, 0.25) is 10.0 Å². The number of hydrogen-bond acceptors (Lipinski definition) is 4. The molecular formula is C18H14Cl2O4. The molecule has 0 unspecified atom stereocenters. The van der Waals surface area contributed by atoms with E-state index < -0.39 is 11.9 Å². The van der Waals surface area contributed by atoms with E-state index in [2.05, 4.69) is 13.2 Å². The van der Waals surface area contributed by atoms with Gasteiger partial charge in [-0.15, -0.1) is 0 Å². The number of benzene rings is 2. The van der Waals surface area contributed by atoms with Crippen molar-refractivity contribution in [1.29, 1.82) is 0 Å². The van der Waals surface area contributed by atoms with Gasteiger partial charge in [0, 0.05) is 33.0 Å². The van der Waals surface area contributed by atoms with Crippen LogP contribution in [-0.2, 0) is 9.59 Å². The molecule has 2 rings (SSSR count). The van der Waals surface area contributed by atoms with Crippen molar-refractivity contribution in [3.63, 3.8) is 0 Å². The Morgan fingerprint density at radius 3 is 2.08 bits per heavy atom. The molecule has 0 saturated heterocycles. The van der Waals surface area contributed by atoms with Crippen molar-refractivity contribution >= 4 is 45.9 Å². The molecule has 0 N–H and O–H groups in total. The number of hydrogen-bond donors (Lipinski definition) is 0. The fourth-order valence-corrected chi connectivity index (χ4v) is 2.27. The van der Waals surface area contributed by atoms with E-state index >= 15 is 0 Å². The Hall–Kier alpha value is -2.30. The van der Waals surface area contributed by atoms with Gasteiger partial charge in [0.05, 0.1) is 5.02 Å². The second-order valence-electron chi connectivity index (χ2n) is 5.22. The standard InChI is InChI=1S/C18H14Cl2O4/c1-9(2)17(21)23-15-8-14(20)16(24-18(22)10(3)4)12-6-5-11(19)7-13(12)15/h5-8H,1,3H2,2,4H3. The molecule has 0 aliphatic rings. The van der Waals surface area contributed by atoms with Gasteiger partial charge in [-0.25, -0.2) is 9.59 Å². The summed E-state index contributed by atoms with van der Waals surface area (Å²) in [5.74, 6) is -0.870. The maximum Gasteiger partial charge on any atom is 0.338 e. The minimum Gasteiger partial charge on any atom is -0.422 e. The summed E-state index contributed by atoms with van der Waals surface area (Å²) in [6.07, 6.45) is 0. The van der Waals surface area contributed by atoms with Crippen LogP contribution in [-0.4, -0.2) is 11.9 Å². The highest BCUT2D eigenvalue weighted by Crippen LogP contribution is 2.41. The first-order valence-electron chi connectivity index (χ1n) is 6.88. The van der Waals surface area contributed by atoms with E-state index in [0.717, 1.165) is 0 Å². The zero-order valence-corrected chi connectivity index (χ0v) is 14.6. The molecule has 124 valence electrons. The minimum absolute atomic E-state index is 0.115. The lowest BCUT2D eigenvalue weighted by Crippen LogP contribution is -2.11. The smallest absolute Gasteiger partial charge is 0.338 e. The molecule has 0 aliphatic heterocycles. The third kappa shape index (κ3) is 3.78. The third-order valence-electron chi connectivity index (χ3n) is 3.06. The van der Waals surface area contributed by atoms with Crippen molar-refractivity contribution in [3.05, 3.63) is 58.6 Å². The number of ether oxygens (including phenoxy) is 2.